The van der Waals surface area contributed by atoms with Gasteiger partial charge in [0.1, 0.15) is 8.98 Å². The van der Waals surface area contributed by atoms with Crippen molar-refractivity contribution >= 4 is 59.9 Å². The molecule has 0 amide bonds. The van der Waals surface area contributed by atoms with Crippen LogP contribution >= 0.6 is 59.9 Å². The van der Waals surface area contributed by atoms with E-state index in [1.54, 1.807) is 0 Å². The molecule has 0 aliphatic carbocycles. The predicted molar refractivity (Wildman–Crippen MR) is 40.8 cm³/mol. The number of halogens is 4. The standard InChI is InChI=1S/C2Cl4.H2S/c3-1(4)2(5)6;/h;1H2. The van der Waals surface area contributed by atoms with Gasteiger partial charge >= 0.3 is 0 Å². The first-order chi connectivity index (χ1) is 2.64. The number of hydrogen-bond acceptors (Lipinski definition) is 0. The van der Waals surface area contributed by atoms with Crippen LogP contribution in [0.5, 0.6) is 0 Å². The van der Waals surface area contributed by atoms with Crippen LogP contribution in [0, 0.1) is 0 Å². The molecule has 0 aliphatic heterocycles. The Morgan fingerprint density at radius 2 is 0.857 bits per heavy atom. The Morgan fingerprint density at radius 1 is 0.714 bits per heavy atom. The molecule has 0 nitrogen and oxygen atoms in total. The van der Waals surface area contributed by atoms with Crippen LogP contribution in [0.25, 0.3) is 0 Å². The maximum absolute atomic E-state index is 4.99. The number of rotatable bonds is 0. The van der Waals surface area contributed by atoms with Crippen LogP contribution in [0.1, 0.15) is 0 Å². The van der Waals surface area contributed by atoms with Crippen molar-refractivity contribution in [2.45, 2.75) is 0 Å². The third-order valence-electron chi connectivity index (χ3n) is 0.143. The fourth-order valence-electron chi connectivity index (χ4n) is 0. The maximum atomic E-state index is 4.99. The quantitative estimate of drug-likeness (QED) is 0.563. The predicted octanol–water partition coefficient (Wildman–Crippen LogP) is 3.18. The van der Waals surface area contributed by atoms with E-state index < -0.39 is 0 Å². The Kier molecular flexibility index (Phi) is 8.54. The summed E-state index contributed by atoms with van der Waals surface area (Å²) in [6.45, 7) is 0. The molecule has 7 heavy (non-hydrogen) atoms. The van der Waals surface area contributed by atoms with Crippen molar-refractivity contribution in [3.8, 4) is 0 Å². The zero-order chi connectivity index (χ0) is 5.15. The van der Waals surface area contributed by atoms with E-state index in [9.17, 15) is 0 Å². The molecule has 5 heteroatoms. The van der Waals surface area contributed by atoms with Gasteiger partial charge in [0, 0.05) is 0 Å². The van der Waals surface area contributed by atoms with Crippen molar-refractivity contribution < 1.29 is 0 Å². The van der Waals surface area contributed by atoms with Crippen molar-refractivity contribution in [3.05, 3.63) is 8.98 Å². The molecular formula is C2H2Cl4S. The molecule has 0 heterocycles. The van der Waals surface area contributed by atoms with Crippen LogP contribution < -0.4 is 0 Å². The normalized spacial score (nSPS) is 6.86. The van der Waals surface area contributed by atoms with E-state index in [0.717, 1.165) is 0 Å². The van der Waals surface area contributed by atoms with E-state index in [2.05, 4.69) is 0 Å². The fourth-order valence-corrected chi connectivity index (χ4v) is 0. The summed E-state index contributed by atoms with van der Waals surface area (Å²) in [5.74, 6) is 0. The Bertz CT molecular complexity index is 59.8. The van der Waals surface area contributed by atoms with Gasteiger partial charge < -0.3 is 0 Å². The van der Waals surface area contributed by atoms with Gasteiger partial charge in [-0.25, -0.2) is 0 Å². The molecule has 0 spiro atoms. The van der Waals surface area contributed by atoms with E-state index >= 15 is 0 Å². The molecule has 0 saturated carbocycles. The summed E-state index contributed by atoms with van der Waals surface area (Å²) in [4.78, 5) is 0. The van der Waals surface area contributed by atoms with E-state index in [0.29, 0.717) is 0 Å². The molecule has 0 atom stereocenters. The van der Waals surface area contributed by atoms with Gasteiger partial charge in [-0.3, -0.25) is 0 Å². The fraction of sp³-hybridized carbons (Fsp3) is 0. The summed E-state index contributed by atoms with van der Waals surface area (Å²) in [5, 5.41) is 0. The lowest BCUT2D eigenvalue weighted by atomic mass is 11.2. The molecule has 0 aromatic rings. The lowest BCUT2D eigenvalue weighted by Gasteiger charge is -1.75. The first-order valence-corrected chi connectivity index (χ1v) is 2.52. The summed E-state index contributed by atoms with van der Waals surface area (Å²) in [6.07, 6.45) is 0. The van der Waals surface area contributed by atoms with Crippen molar-refractivity contribution in [1.29, 1.82) is 0 Å². The van der Waals surface area contributed by atoms with Crippen molar-refractivity contribution in [3.63, 3.8) is 0 Å². The van der Waals surface area contributed by atoms with Crippen LogP contribution in [0.3, 0.4) is 0 Å². The van der Waals surface area contributed by atoms with Crippen LogP contribution in [0.4, 0.5) is 0 Å². The van der Waals surface area contributed by atoms with Crippen LogP contribution in [0.15, 0.2) is 8.98 Å². The van der Waals surface area contributed by atoms with Crippen LogP contribution in [-0.4, -0.2) is 0 Å². The summed E-state index contributed by atoms with van der Waals surface area (Å²) in [7, 11) is 0. The second kappa shape index (κ2) is 5.39. The van der Waals surface area contributed by atoms with Crippen molar-refractivity contribution in [2.24, 2.45) is 0 Å². The molecule has 0 aromatic heterocycles. The lowest BCUT2D eigenvalue weighted by Crippen LogP contribution is -1.47. The van der Waals surface area contributed by atoms with Gasteiger partial charge in [-0.1, -0.05) is 46.4 Å². The molecular weight excluding hydrogens is 198 g/mol. The van der Waals surface area contributed by atoms with Gasteiger partial charge in [0.05, 0.1) is 0 Å². The topological polar surface area (TPSA) is 0 Å². The van der Waals surface area contributed by atoms with Gasteiger partial charge in [-0.05, 0) is 0 Å². The minimum atomic E-state index is -0.0988. The molecule has 0 rings (SSSR count). The Hall–Kier alpha value is 1.25. The Balaban J connectivity index is 0. The van der Waals surface area contributed by atoms with Crippen LogP contribution in [0.2, 0.25) is 0 Å². The molecule has 0 saturated heterocycles. The maximum Gasteiger partial charge on any atom is 0.136 e. The molecule has 0 N–H and O–H groups in total. The van der Waals surface area contributed by atoms with Gasteiger partial charge in [-0.15, -0.1) is 0 Å². The third-order valence-corrected chi connectivity index (χ3v) is 1.29. The number of hydrogen-bond donors (Lipinski definition) is 0. The summed E-state index contributed by atoms with van der Waals surface area (Å²) in [5.41, 5.74) is 0. The smallest absolute Gasteiger partial charge is 0.136 e. The van der Waals surface area contributed by atoms with Gasteiger partial charge in [0.15, 0.2) is 0 Å². The van der Waals surface area contributed by atoms with Crippen LogP contribution in [-0.2, 0) is 0 Å². The zero-order valence-electron chi connectivity index (χ0n) is 3.01. The summed E-state index contributed by atoms with van der Waals surface area (Å²) in [6, 6.07) is 0. The Labute approximate surface area is 68.8 Å². The summed E-state index contributed by atoms with van der Waals surface area (Å²) >= 11 is 20.0. The molecule has 0 bridgehead atoms. The highest BCUT2D eigenvalue weighted by Crippen LogP contribution is 2.20. The molecule has 0 unspecified atom stereocenters. The average molecular weight is 200 g/mol. The van der Waals surface area contributed by atoms with E-state index in [-0.39, 0.29) is 22.5 Å². The highest BCUT2D eigenvalue weighted by atomic mass is 35.5. The SMILES string of the molecule is ClC(Cl)=C(Cl)Cl.S. The molecule has 0 fully saturated rings. The van der Waals surface area contributed by atoms with Gasteiger partial charge in [-0.2, -0.15) is 13.5 Å². The monoisotopic (exact) mass is 198 g/mol. The lowest BCUT2D eigenvalue weighted by molar-refractivity contribution is 2.25. The molecule has 0 aliphatic rings. The highest BCUT2D eigenvalue weighted by molar-refractivity contribution is 7.59. The van der Waals surface area contributed by atoms with Crippen molar-refractivity contribution in [2.75, 3.05) is 0 Å². The minimum Gasteiger partial charge on any atom is -0.197 e. The molecule has 0 radical (unpaired) electrons. The zero-order valence-corrected chi connectivity index (χ0v) is 7.04. The van der Waals surface area contributed by atoms with E-state index in [1.165, 1.54) is 0 Å². The molecule has 0 aromatic carbocycles. The first kappa shape index (κ1) is 11.1. The third kappa shape index (κ3) is 7.25. The van der Waals surface area contributed by atoms with Crippen molar-refractivity contribution in [1.82, 2.24) is 0 Å². The molecule has 44 valence electrons. The van der Waals surface area contributed by atoms with Gasteiger partial charge in [0.25, 0.3) is 0 Å². The average Bonchev–Trinajstić information content (AvgIpc) is 1.36. The largest absolute Gasteiger partial charge is 0.197 e. The van der Waals surface area contributed by atoms with E-state index in [4.69, 9.17) is 46.4 Å². The highest BCUT2D eigenvalue weighted by Gasteiger charge is 1.88. The first-order valence-electron chi connectivity index (χ1n) is 1.01. The second-order valence-electron chi connectivity index (χ2n) is 0.521. The van der Waals surface area contributed by atoms with Gasteiger partial charge in [0.2, 0.25) is 0 Å². The second-order valence-corrected chi connectivity index (χ2v) is 2.42. The Morgan fingerprint density at radius 3 is 0.857 bits per heavy atom. The minimum absolute atomic E-state index is 0. The van der Waals surface area contributed by atoms with E-state index in [1.807, 2.05) is 0 Å². The summed E-state index contributed by atoms with van der Waals surface area (Å²) < 4.78 is -0.198.